The van der Waals surface area contributed by atoms with Gasteiger partial charge in [-0.15, -0.1) is 0 Å². The lowest BCUT2D eigenvalue weighted by molar-refractivity contribution is 1.33. The summed E-state index contributed by atoms with van der Waals surface area (Å²) in [7, 11) is 0. The second-order valence-corrected chi connectivity index (χ2v) is 5.47. The highest BCUT2D eigenvalue weighted by Gasteiger charge is 2.03. The van der Waals surface area contributed by atoms with E-state index in [1.54, 1.807) is 0 Å². The van der Waals surface area contributed by atoms with Gasteiger partial charge in [0.05, 0.1) is 0 Å². The number of benzene rings is 2. The molecule has 3 heteroatoms. The first-order chi connectivity index (χ1) is 8.45. The maximum absolute atomic E-state index is 5.85. The second-order valence-electron chi connectivity index (χ2n) is 4.68. The van der Waals surface area contributed by atoms with E-state index in [0.717, 1.165) is 27.1 Å². The minimum Gasteiger partial charge on any atom is -0.399 e. The van der Waals surface area contributed by atoms with Crippen LogP contribution in [-0.4, -0.2) is 0 Å². The highest BCUT2D eigenvalue weighted by atomic mass is 79.9. The molecule has 0 heterocycles. The summed E-state index contributed by atoms with van der Waals surface area (Å²) >= 11 is 3.57. The van der Waals surface area contributed by atoms with Crippen LogP contribution < -0.4 is 11.1 Å². The Bertz CT molecular complexity index is 548. The predicted molar refractivity (Wildman–Crippen MR) is 82.5 cm³/mol. The first-order valence-corrected chi connectivity index (χ1v) is 6.66. The van der Waals surface area contributed by atoms with Gasteiger partial charge in [-0.3, -0.25) is 0 Å². The largest absolute Gasteiger partial charge is 0.399 e. The molecule has 0 radical (unpaired) electrons. The van der Waals surface area contributed by atoms with Crippen LogP contribution in [0.15, 0.2) is 34.8 Å². The molecule has 2 aromatic rings. The lowest BCUT2D eigenvalue weighted by Gasteiger charge is -2.12. The van der Waals surface area contributed by atoms with Crippen molar-refractivity contribution in [3.63, 3.8) is 0 Å². The standard InChI is InChI=1S/C15H17BrN2/c1-9-4-12(17)8-13(5-9)18-14-6-10(2)15(16)11(3)7-14/h4-8,18H,17H2,1-3H3. The van der Waals surface area contributed by atoms with Gasteiger partial charge in [-0.05, 0) is 67.8 Å². The van der Waals surface area contributed by atoms with Crippen LogP contribution in [0.2, 0.25) is 0 Å². The minimum absolute atomic E-state index is 0.781. The van der Waals surface area contributed by atoms with Gasteiger partial charge in [0.25, 0.3) is 0 Å². The van der Waals surface area contributed by atoms with Crippen LogP contribution in [0, 0.1) is 20.8 Å². The summed E-state index contributed by atoms with van der Waals surface area (Å²) in [6.07, 6.45) is 0. The Kier molecular flexibility index (Phi) is 3.62. The van der Waals surface area contributed by atoms with Gasteiger partial charge in [-0.2, -0.15) is 0 Å². The third-order valence-corrected chi connectivity index (χ3v) is 4.08. The van der Waals surface area contributed by atoms with Crippen LogP contribution in [-0.2, 0) is 0 Å². The Morgan fingerprint density at radius 3 is 2.00 bits per heavy atom. The molecule has 0 aliphatic heterocycles. The fourth-order valence-corrected chi connectivity index (χ4v) is 2.30. The van der Waals surface area contributed by atoms with E-state index in [-0.39, 0.29) is 0 Å². The normalized spacial score (nSPS) is 10.4. The Morgan fingerprint density at radius 1 is 0.889 bits per heavy atom. The SMILES string of the molecule is Cc1cc(N)cc(Nc2cc(C)c(Br)c(C)c2)c1. The number of hydrogen-bond acceptors (Lipinski definition) is 2. The van der Waals surface area contributed by atoms with Gasteiger partial charge < -0.3 is 11.1 Å². The summed E-state index contributed by atoms with van der Waals surface area (Å²) in [5, 5.41) is 3.39. The maximum Gasteiger partial charge on any atom is 0.0407 e. The Labute approximate surface area is 116 Å². The number of anilines is 3. The minimum atomic E-state index is 0.781. The second kappa shape index (κ2) is 5.02. The van der Waals surface area contributed by atoms with Crippen molar-refractivity contribution in [2.24, 2.45) is 0 Å². The number of nitrogens with one attached hydrogen (secondary N) is 1. The van der Waals surface area contributed by atoms with Crippen LogP contribution in [0.4, 0.5) is 17.1 Å². The zero-order valence-corrected chi connectivity index (χ0v) is 12.4. The fraction of sp³-hybridized carbons (Fsp3) is 0.200. The molecule has 0 spiro atoms. The first kappa shape index (κ1) is 13.0. The summed E-state index contributed by atoms with van der Waals surface area (Å²) in [6.45, 7) is 6.22. The van der Waals surface area contributed by atoms with Crippen LogP contribution >= 0.6 is 15.9 Å². The molecule has 0 bridgehead atoms. The monoisotopic (exact) mass is 304 g/mol. The molecule has 0 saturated heterocycles. The zero-order valence-electron chi connectivity index (χ0n) is 10.8. The Morgan fingerprint density at radius 2 is 1.44 bits per heavy atom. The van der Waals surface area contributed by atoms with Crippen molar-refractivity contribution in [1.82, 2.24) is 0 Å². The van der Waals surface area contributed by atoms with Crippen molar-refractivity contribution in [3.05, 3.63) is 51.5 Å². The van der Waals surface area contributed by atoms with E-state index in [1.165, 1.54) is 11.1 Å². The Balaban J connectivity index is 2.34. The predicted octanol–water partition coefficient (Wildman–Crippen LogP) is 4.70. The van der Waals surface area contributed by atoms with Gasteiger partial charge >= 0.3 is 0 Å². The molecule has 0 atom stereocenters. The number of rotatable bonds is 2. The van der Waals surface area contributed by atoms with E-state index in [0.29, 0.717) is 0 Å². The van der Waals surface area contributed by atoms with Gasteiger partial charge in [0, 0.05) is 21.5 Å². The third kappa shape index (κ3) is 2.85. The average molecular weight is 305 g/mol. The van der Waals surface area contributed by atoms with Gasteiger partial charge in [0.1, 0.15) is 0 Å². The highest BCUT2D eigenvalue weighted by Crippen LogP contribution is 2.27. The topological polar surface area (TPSA) is 38.0 Å². The number of aryl methyl sites for hydroxylation is 3. The van der Waals surface area contributed by atoms with E-state index in [1.807, 2.05) is 19.1 Å². The van der Waals surface area contributed by atoms with Crippen molar-refractivity contribution in [3.8, 4) is 0 Å². The number of nitrogen functional groups attached to an aromatic ring is 1. The quantitative estimate of drug-likeness (QED) is 0.789. The summed E-state index contributed by atoms with van der Waals surface area (Å²) in [6, 6.07) is 10.2. The molecular weight excluding hydrogens is 288 g/mol. The van der Waals surface area contributed by atoms with Crippen molar-refractivity contribution in [1.29, 1.82) is 0 Å². The van der Waals surface area contributed by atoms with Gasteiger partial charge in [0.15, 0.2) is 0 Å². The third-order valence-electron chi connectivity index (χ3n) is 2.82. The smallest absolute Gasteiger partial charge is 0.0407 e. The zero-order chi connectivity index (χ0) is 13.3. The van der Waals surface area contributed by atoms with Crippen LogP contribution in [0.1, 0.15) is 16.7 Å². The Hall–Kier alpha value is -1.48. The van der Waals surface area contributed by atoms with Gasteiger partial charge in [-0.25, -0.2) is 0 Å². The molecule has 0 aromatic heterocycles. The molecule has 18 heavy (non-hydrogen) atoms. The molecule has 0 aliphatic rings. The molecule has 0 amide bonds. The van der Waals surface area contributed by atoms with Crippen LogP contribution in [0.5, 0.6) is 0 Å². The summed E-state index contributed by atoms with van der Waals surface area (Å²) in [5.74, 6) is 0. The van der Waals surface area contributed by atoms with Crippen molar-refractivity contribution in [2.45, 2.75) is 20.8 Å². The average Bonchev–Trinajstić information content (AvgIpc) is 2.24. The van der Waals surface area contributed by atoms with E-state index in [9.17, 15) is 0 Å². The van der Waals surface area contributed by atoms with E-state index >= 15 is 0 Å². The van der Waals surface area contributed by atoms with E-state index in [2.05, 4.69) is 53.3 Å². The summed E-state index contributed by atoms with van der Waals surface area (Å²) in [4.78, 5) is 0. The van der Waals surface area contributed by atoms with Crippen molar-refractivity contribution >= 4 is 33.0 Å². The summed E-state index contributed by atoms with van der Waals surface area (Å²) in [5.41, 5.74) is 12.3. The molecular formula is C15H17BrN2. The molecule has 2 aromatic carbocycles. The van der Waals surface area contributed by atoms with Gasteiger partial charge in [-0.1, -0.05) is 15.9 Å². The molecule has 2 nitrogen and oxygen atoms in total. The fourth-order valence-electron chi connectivity index (χ4n) is 2.07. The lowest BCUT2D eigenvalue weighted by Crippen LogP contribution is -1.95. The van der Waals surface area contributed by atoms with Crippen molar-refractivity contribution in [2.75, 3.05) is 11.1 Å². The van der Waals surface area contributed by atoms with E-state index < -0.39 is 0 Å². The van der Waals surface area contributed by atoms with Crippen LogP contribution in [0.3, 0.4) is 0 Å². The maximum atomic E-state index is 5.85. The molecule has 0 saturated carbocycles. The molecule has 94 valence electrons. The first-order valence-electron chi connectivity index (χ1n) is 5.86. The molecule has 2 rings (SSSR count). The molecule has 0 aliphatic carbocycles. The molecule has 3 N–H and O–H groups in total. The number of nitrogens with two attached hydrogens (primary N) is 1. The van der Waals surface area contributed by atoms with Crippen molar-refractivity contribution < 1.29 is 0 Å². The number of hydrogen-bond donors (Lipinski definition) is 2. The highest BCUT2D eigenvalue weighted by molar-refractivity contribution is 9.10. The number of halogens is 1. The van der Waals surface area contributed by atoms with Crippen LogP contribution in [0.25, 0.3) is 0 Å². The van der Waals surface area contributed by atoms with Gasteiger partial charge in [0.2, 0.25) is 0 Å². The molecule has 0 fully saturated rings. The summed E-state index contributed by atoms with van der Waals surface area (Å²) < 4.78 is 1.16. The van der Waals surface area contributed by atoms with E-state index in [4.69, 9.17) is 5.73 Å². The molecule has 0 unspecified atom stereocenters. The lowest BCUT2D eigenvalue weighted by atomic mass is 10.1.